The van der Waals surface area contributed by atoms with Crippen LogP contribution in [-0.2, 0) is 4.79 Å². The lowest BCUT2D eigenvalue weighted by Crippen LogP contribution is -2.41. The Labute approximate surface area is 118 Å². The van der Waals surface area contributed by atoms with Crippen molar-refractivity contribution in [3.8, 4) is 0 Å². The first-order valence-corrected chi connectivity index (χ1v) is 7.90. The van der Waals surface area contributed by atoms with Gasteiger partial charge in [-0.3, -0.25) is 4.79 Å². The molecule has 2 amide bonds. The number of carboxylic acids is 1. The zero-order valence-electron chi connectivity index (χ0n) is 11.6. The largest absolute Gasteiger partial charge is 0.481 e. The average Bonchev–Trinajstić information content (AvgIpc) is 2.82. The summed E-state index contributed by atoms with van der Waals surface area (Å²) in [6.45, 7) is 1.31. The Balaban J connectivity index is 1.29. The Morgan fingerprint density at radius 3 is 2.50 bits per heavy atom. The van der Waals surface area contributed by atoms with Crippen LogP contribution < -0.4 is 5.32 Å². The van der Waals surface area contributed by atoms with Crippen molar-refractivity contribution in [2.24, 2.45) is 29.6 Å². The molecule has 0 aromatic rings. The lowest BCUT2D eigenvalue weighted by Gasteiger charge is -2.19. The number of urea groups is 1. The fourth-order valence-electron chi connectivity index (χ4n) is 5.18. The van der Waals surface area contributed by atoms with E-state index in [1.54, 1.807) is 0 Å². The zero-order chi connectivity index (χ0) is 13.9. The highest BCUT2D eigenvalue weighted by Crippen LogP contribution is 2.65. The number of nitrogens with one attached hydrogen (secondary N) is 1. The first kappa shape index (κ1) is 12.5. The number of hydrogen-bond donors (Lipinski definition) is 2. The number of nitrogens with zero attached hydrogens (tertiary/aromatic N) is 1. The molecule has 5 atom stereocenters. The third-order valence-corrected chi connectivity index (χ3v) is 6.06. The Hall–Kier alpha value is -1.26. The van der Waals surface area contributed by atoms with Crippen molar-refractivity contribution >= 4 is 12.0 Å². The van der Waals surface area contributed by atoms with Crippen LogP contribution in [0.3, 0.4) is 0 Å². The lowest BCUT2D eigenvalue weighted by molar-refractivity contribution is -0.138. The van der Waals surface area contributed by atoms with E-state index in [1.807, 2.05) is 4.90 Å². The molecule has 5 heteroatoms. The highest BCUT2D eigenvalue weighted by atomic mass is 16.4. The molecule has 4 rings (SSSR count). The topological polar surface area (TPSA) is 69.6 Å². The minimum Gasteiger partial charge on any atom is -0.481 e. The van der Waals surface area contributed by atoms with Crippen molar-refractivity contribution in [3.63, 3.8) is 0 Å². The van der Waals surface area contributed by atoms with E-state index in [4.69, 9.17) is 5.11 Å². The molecule has 0 radical (unpaired) electrons. The Kier molecular flexibility index (Phi) is 2.72. The van der Waals surface area contributed by atoms with Crippen LogP contribution in [0.15, 0.2) is 0 Å². The van der Waals surface area contributed by atoms with Gasteiger partial charge >= 0.3 is 12.0 Å². The molecule has 1 aliphatic heterocycles. The van der Waals surface area contributed by atoms with Gasteiger partial charge in [0.2, 0.25) is 0 Å². The van der Waals surface area contributed by atoms with Gasteiger partial charge < -0.3 is 15.3 Å². The van der Waals surface area contributed by atoms with Crippen LogP contribution in [0.1, 0.15) is 32.1 Å². The third kappa shape index (κ3) is 1.90. The molecule has 3 saturated carbocycles. The van der Waals surface area contributed by atoms with E-state index in [1.165, 1.54) is 19.3 Å². The number of fused-ring (bicyclic) bond motifs is 5. The molecule has 4 fully saturated rings. The predicted molar refractivity (Wildman–Crippen MR) is 72.1 cm³/mol. The van der Waals surface area contributed by atoms with Gasteiger partial charge in [-0.15, -0.1) is 0 Å². The highest BCUT2D eigenvalue weighted by Gasteiger charge is 2.65. The number of likely N-dealkylation sites (tertiary alicyclic amines) is 1. The molecule has 20 heavy (non-hydrogen) atoms. The SMILES string of the molecule is O=C(O)CC1CCN(C(=O)NC2C3C4CCC(C4)C23)C1. The smallest absolute Gasteiger partial charge is 0.317 e. The van der Waals surface area contributed by atoms with Crippen molar-refractivity contribution < 1.29 is 14.7 Å². The van der Waals surface area contributed by atoms with Crippen molar-refractivity contribution in [1.82, 2.24) is 10.2 Å². The molecule has 1 heterocycles. The Morgan fingerprint density at radius 2 is 1.85 bits per heavy atom. The summed E-state index contributed by atoms with van der Waals surface area (Å²) in [7, 11) is 0. The van der Waals surface area contributed by atoms with Gasteiger partial charge in [-0.2, -0.15) is 0 Å². The minimum atomic E-state index is -0.759. The normalized spacial score (nSPS) is 44.5. The van der Waals surface area contributed by atoms with Gasteiger partial charge in [0.25, 0.3) is 0 Å². The molecule has 4 aliphatic rings. The van der Waals surface area contributed by atoms with E-state index in [-0.39, 0.29) is 18.4 Å². The van der Waals surface area contributed by atoms with Crippen LogP contribution in [0.2, 0.25) is 0 Å². The predicted octanol–water partition coefficient (Wildman–Crippen LogP) is 1.54. The van der Waals surface area contributed by atoms with E-state index < -0.39 is 5.97 Å². The second-order valence-electron chi connectivity index (χ2n) is 7.16. The Morgan fingerprint density at radius 1 is 1.15 bits per heavy atom. The molecule has 0 spiro atoms. The summed E-state index contributed by atoms with van der Waals surface area (Å²) in [5.74, 6) is 2.63. The maximum Gasteiger partial charge on any atom is 0.317 e. The van der Waals surface area contributed by atoms with Crippen molar-refractivity contribution in [1.29, 1.82) is 0 Å². The molecule has 3 aliphatic carbocycles. The van der Waals surface area contributed by atoms with Gasteiger partial charge in [-0.05, 0) is 55.3 Å². The number of amides is 2. The van der Waals surface area contributed by atoms with Gasteiger partial charge in [-0.25, -0.2) is 4.79 Å². The first-order valence-electron chi connectivity index (χ1n) is 7.90. The van der Waals surface area contributed by atoms with Gasteiger partial charge in [0.05, 0.1) is 0 Å². The standard InChI is InChI=1S/C15H22N2O3/c18-11(19)5-8-3-4-17(7-8)15(20)16-14-12-9-1-2-10(6-9)13(12)14/h8-10,12-14H,1-7H2,(H,16,20)(H,18,19). The molecule has 2 bridgehead atoms. The van der Waals surface area contributed by atoms with Crippen LogP contribution in [-0.4, -0.2) is 41.1 Å². The summed E-state index contributed by atoms with van der Waals surface area (Å²) in [5.41, 5.74) is 0. The van der Waals surface area contributed by atoms with E-state index in [0.717, 1.165) is 30.1 Å². The van der Waals surface area contributed by atoms with Crippen LogP contribution in [0.25, 0.3) is 0 Å². The summed E-state index contributed by atoms with van der Waals surface area (Å²) in [6.07, 6.45) is 5.13. The monoisotopic (exact) mass is 278 g/mol. The minimum absolute atomic E-state index is 0.0386. The van der Waals surface area contributed by atoms with Crippen LogP contribution in [0.5, 0.6) is 0 Å². The van der Waals surface area contributed by atoms with Gasteiger partial charge in [0.1, 0.15) is 0 Å². The summed E-state index contributed by atoms with van der Waals surface area (Å²) in [6, 6.07) is 0.462. The zero-order valence-corrected chi connectivity index (χ0v) is 11.6. The first-order chi connectivity index (χ1) is 9.63. The molecular formula is C15H22N2O3. The summed E-state index contributed by atoms with van der Waals surface area (Å²) < 4.78 is 0. The van der Waals surface area contributed by atoms with E-state index in [0.29, 0.717) is 19.1 Å². The van der Waals surface area contributed by atoms with E-state index in [9.17, 15) is 9.59 Å². The maximum atomic E-state index is 12.3. The highest BCUT2D eigenvalue weighted by molar-refractivity contribution is 5.75. The molecule has 0 aromatic carbocycles. The quantitative estimate of drug-likeness (QED) is 0.822. The fraction of sp³-hybridized carbons (Fsp3) is 0.867. The lowest BCUT2D eigenvalue weighted by atomic mass is 10.0. The number of aliphatic carboxylic acids is 1. The maximum absolute atomic E-state index is 12.3. The second kappa shape index (κ2) is 4.37. The fourth-order valence-corrected chi connectivity index (χ4v) is 5.18. The second-order valence-corrected chi connectivity index (χ2v) is 7.16. The van der Waals surface area contributed by atoms with E-state index >= 15 is 0 Å². The number of rotatable bonds is 3. The van der Waals surface area contributed by atoms with Gasteiger partial charge in [0, 0.05) is 25.6 Å². The van der Waals surface area contributed by atoms with Gasteiger partial charge in [0.15, 0.2) is 0 Å². The summed E-state index contributed by atoms with van der Waals surface area (Å²) in [4.78, 5) is 24.8. The van der Waals surface area contributed by atoms with Gasteiger partial charge in [-0.1, -0.05) is 0 Å². The van der Waals surface area contributed by atoms with Crippen molar-refractivity contribution in [2.75, 3.05) is 13.1 Å². The number of carbonyl (C=O) groups excluding carboxylic acids is 1. The number of carbonyl (C=O) groups is 2. The molecule has 5 unspecified atom stereocenters. The summed E-state index contributed by atoms with van der Waals surface area (Å²) in [5, 5.41) is 12.0. The molecular weight excluding hydrogens is 256 g/mol. The molecule has 0 aromatic heterocycles. The molecule has 110 valence electrons. The molecule has 5 nitrogen and oxygen atoms in total. The number of carboxylic acid groups (broad SMARTS) is 1. The van der Waals surface area contributed by atoms with Crippen LogP contribution in [0.4, 0.5) is 4.79 Å². The van der Waals surface area contributed by atoms with E-state index in [2.05, 4.69) is 5.32 Å². The van der Waals surface area contributed by atoms with Crippen LogP contribution >= 0.6 is 0 Å². The molecule has 2 N–H and O–H groups in total. The van der Waals surface area contributed by atoms with Crippen LogP contribution in [0, 0.1) is 29.6 Å². The van der Waals surface area contributed by atoms with Crippen molar-refractivity contribution in [2.45, 2.75) is 38.1 Å². The summed E-state index contributed by atoms with van der Waals surface area (Å²) >= 11 is 0. The molecule has 1 saturated heterocycles. The average molecular weight is 278 g/mol. The third-order valence-electron chi connectivity index (χ3n) is 6.06. The van der Waals surface area contributed by atoms with Crippen molar-refractivity contribution in [3.05, 3.63) is 0 Å². The number of hydrogen-bond acceptors (Lipinski definition) is 2. The Bertz CT molecular complexity index is 436.